The van der Waals surface area contributed by atoms with Crippen LogP contribution < -0.4 is 5.06 Å². The summed E-state index contributed by atoms with van der Waals surface area (Å²) in [6.07, 6.45) is 1.04. The normalized spacial score (nSPS) is 21.0. The second-order valence-electron chi connectivity index (χ2n) is 7.37. The second-order valence-corrected chi connectivity index (χ2v) is 7.37. The van der Waals surface area contributed by atoms with Crippen molar-refractivity contribution in [3.05, 3.63) is 96.1 Å². The number of fused-ring (bicyclic) bond motifs is 1. The van der Waals surface area contributed by atoms with Crippen LogP contribution in [0.2, 0.25) is 0 Å². The fourth-order valence-corrected chi connectivity index (χ4v) is 3.68. The van der Waals surface area contributed by atoms with Gasteiger partial charge in [0.2, 0.25) is 0 Å². The third kappa shape index (κ3) is 3.12. The molecule has 2 unspecified atom stereocenters. The molecule has 0 aromatic heterocycles. The van der Waals surface area contributed by atoms with Crippen LogP contribution in [0.15, 0.2) is 89.9 Å². The van der Waals surface area contributed by atoms with Gasteiger partial charge in [0.15, 0.2) is 0 Å². The highest BCUT2D eigenvalue weighted by Crippen LogP contribution is 2.46. The Hall–Kier alpha value is -2.91. The van der Waals surface area contributed by atoms with E-state index in [0.717, 1.165) is 34.6 Å². The van der Waals surface area contributed by atoms with E-state index in [-0.39, 0.29) is 6.10 Å². The molecule has 0 spiro atoms. The van der Waals surface area contributed by atoms with Crippen molar-refractivity contribution in [3.63, 3.8) is 0 Å². The molecular formula is C25H26N2O. The van der Waals surface area contributed by atoms with Gasteiger partial charge in [-0.2, -0.15) is 0 Å². The average molecular weight is 370 g/mol. The lowest BCUT2D eigenvalue weighted by Gasteiger charge is -2.38. The van der Waals surface area contributed by atoms with Crippen LogP contribution in [0.25, 0.3) is 0 Å². The molecule has 4 rings (SSSR count). The lowest BCUT2D eigenvalue weighted by atomic mass is 9.86. The quantitative estimate of drug-likeness (QED) is 0.528. The fraction of sp³-hybridized carbons (Fsp3) is 0.240. The van der Waals surface area contributed by atoms with Crippen molar-refractivity contribution in [1.82, 2.24) is 0 Å². The van der Waals surface area contributed by atoms with Gasteiger partial charge in [0.1, 0.15) is 5.54 Å². The monoisotopic (exact) mass is 370 g/mol. The van der Waals surface area contributed by atoms with Gasteiger partial charge in [-0.15, -0.1) is 0 Å². The molecule has 28 heavy (non-hydrogen) atoms. The summed E-state index contributed by atoms with van der Waals surface area (Å²) in [7, 11) is 0. The van der Waals surface area contributed by atoms with Crippen LogP contribution in [0.3, 0.4) is 0 Å². The van der Waals surface area contributed by atoms with Gasteiger partial charge in [0.25, 0.3) is 0 Å². The van der Waals surface area contributed by atoms with E-state index in [1.807, 2.05) is 36.4 Å². The summed E-state index contributed by atoms with van der Waals surface area (Å²) in [5, 5.41) is 2.06. The molecule has 0 radical (unpaired) electrons. The zero-order chi connectivity index (χ0) is 19.6. The van der Waals surface area contributed by atoms with Crippen molar-refractivity contribution in [3.8, 4) is 0 Å². The number of rotatable bonds is 5. The van der Waals surface area contributed by atoms with Crippen molar-refractivity contribution in [2.75, 3.05) is 5.06 Å². The first-order chi connectivity index (χ1) is 13.6. The van der Waals surface area contributed by atoms with E-state index in [9.17, 15) is 0 Å². The Balaban J connectivity index is 1.95. The van der Waals surface area contributed by atoms with Crippen LogP contribution in [0.5, 0.6) is 0 Å². The number of benzene rings is 3. The van der Waals surface area contributed by atoms with E-state index in [2.05, 4.69) is 74.4 Å². The molecule has 0 fully saturated rings. The number of hydrogen-bond donors (Lipinski definition) is 0. The molecule has 3 heteroatoms. The van der Waals surface area contributed by atoms with Crippen LogP contribution in [0.1, 0.15) is 38.3 Å². The Morgan fingerprint density at radius 1 is 0.893 bits per heavy atom. The maximum absolute atomic E-state index is 6.48. The molecule has 0 bridgehead atoms. The van der Waals surface area contributed by atoms with E-state index in [4.69, 9.17) is 9.83 Å². The minimum atomic E-state index is -0.524. The molecule has 0 aliphatic carbocycles. The summed E-state index contributed by atoms with van der Waals surface area (Å²) in [5.41, 5.74) is 4.75. The van der Waals surface area contributed by atoms with E-state index in [1.54, 1.807) is 0 Å². The van der Waals surface area contributed by atoms with Crippen LogP contribution in [0, 0.1) is 0 Å². The van der Waals surface area contributed by atoms with Gasteiger partial charge >= 0.3 is 0 Å². The van der Waals surface area contributed by atoms with Crippen LogP contribution in [-0.2, 0) is 10.4 Å². The first-order valence-electron chi connectivity index (χ1n) is 9.90. The van der Waals surface area contributed by atoms with Crippen LogP contribution >= 0.6 is 0 Å². The van der Waals surface area contributed by atoms with Crippen LogP contribution in [0.4, 0.5) is 11.4 Å². The number of nitrogens with zero attached hydrogens (tertiary/aromatic N) is 2. The summed E-state index contributed by atoms with van der Waals surface area (Å²) in [4.78, 5) is 11.6. The molecule has 1 aliphatic rings. The largest absolute Gasteiger partial charge is 0.269 e. The van der Waals surface area contributed by atoms with Crippen LogP contribution in [-0.4, -0.2) is 11.8 Å². The first kappa shape index (κ1) is 18.5. The summed E-state index contributed by atoms with van der Waals surface area (Å²) in [6, 6.07) is 29.0. The standard InChI is InChI=1S/C25H26N2O/c1-4-19(2)28-27-23-18-12-11-17-22(23)24(26-21-15-9-6-10-16-21)25(27,3)20-13-7-5-8-14-20/h5-19H,4H2,1-3H3. The maximum Gasteiger partial charge on any atom is 0.132 e. The predicted octanol–water partition coefficient (Wildman–Crippen LogP) is 6.27. The summed E-state index contributed by atoms with van der Waals surface area (Å²) in [6.45, 7) is 6.46. The molecule has 0 amide bonds. The zero-order valence-electron chi connectivity index (χ0n) is 16.7. The van der Waals surface area contributed by atoms with Crippen molar-refractivity contribution >= 4 is 17.1 Å². The van der Waals surface area contributed by atoms with E-state index < -0.39 is 5.54 Å². The second kappa shape index (κ2) is 7.61. The van der Waals surface area contributed by atoms with E-state index in [0.29, 0.717) is 0 Å². The number of hydroxylamine groups is 1. The van der Waals surface area contributed by atoms with Gasteiger partial charge in [-0.1, -0.05) is 73.7 Å². The lowest BCUT2D eigenvalue weighted by molar-refractivity contribution is 0.0189. The Morgan fingerprint density at radius 2 is 1.50 bits per heavy atom. The molecule has 3 aromatic carbocycles. The molecule has 3 aromatic rings. The minimum Gasteiger partial charge on any atom is -0.269 e. The molecule has 0 N–H and O–H groups in total. The number of anilines is 1. The van der Waals surface area contributed by atoms with Gasteiger partial charge in [-0.05, 0) is 44.0 Å². The predicted molar refractivity (Wildman–Crippen MR) is 116 cm³/mol. The number of hydrogen-bond acceptors (Lipinski definition) is 3. The van der Waals surface area contributed by atoms with E-state index >= 15 is 0 Å². The van der Waals surface area contributed by atoms with Crippen molar-refractivity contribution in [2.45, 2.75) is 38.8 Å². The van der Waals surface area contributed by atoms with Gasteiger partial charge < -0.3 is 0 Å². The third-order valence-electron chi connectivity index (χ3n) is 5.44. The van der Waals surface area contributed by atoms with E-state index in [1.165, 1.54) is 0 Å². The fourth-order valence-electron chi connectivity index (χ4n) is 3.68. The SMILES string of the molecule is CCC(C)ON1c2ccccc2C(=Nc2ccccc2)C1(C)c1ccccc1. The third-order valence-corrected chi connectivity index (χ3v) is 5.44. The van der Waals surface area contributed by atoms with Gasteiger partial charge in [-0.25, -0.2) is 10.1 Å². The molecule has 142 valence electrons. The zero-order valence-corrected chi connectivity index (χ0v) is 16.7. The molecular weight excluding hydrogens is 344 g/mol. The van der Waals surface area contributed by atoms with Gasteiger partial charge in [0, 0.05) is 5.56 Å². The number of aliphatic imine (C=N–C) groups is 1. The van der Waals surface area contributed by atoms with Gasteiger partial charge in [-0.3, -0.25) is 4.84 Å². The molecule has 0 saturated heterocycles. The molecule has 1 aliphatic heterocycles. The number of para-hydroxylation sites is 2. The topological polar surface area (TPSA) is 24.8 Å². The highest BCUT2D eigenvalue weighted by Gasteiger charge is 2.48. The minimum absolute atomic E-state index is 0.104. The van der Waals surface area contributed by atoms with Crippen molar-refractivity contribution in [1.29, 1.82) is 0 Å². The average Bonchev–Trinajstić information content (AvgIpc) is 2.99. The molecule has 2 atom stereocenters. The molecule has 1 heterocycles. The maximum atomic E-state index is 6.48. The first-order valence-corrected chi connectivity index (χ1v) is 9.90. The van der Waals surface area contributed by atoms with Crippen molar-refractivity contribution in [2.24, 2.45) is 4.99 Å². The Bertz CT molecular complexity index is 968. The highest BCUT2D eigenvalue weighted by atomic mass is 16.7. The Kier molecular flexibility index (Phi) is 5.01. The summed E-state index contributed by atoms with van der Waals surface area (Å²) < 4.78 is 0. The Labute approximate surface area is 167 Å². The van der Waals surface area contributed by atoms with Gasteiger partial charge in [0.05, 0.1) is 23.2 Å². The lowest BCUT2D eigenvalue weighted by Crippen LogP contribution is -2.46. The molecule has 0 saturated carbocycles. The Morgan fingerprint density at radius 3 is 2.18 bits per heavy atom. The summed E-state index contributed by atoms with van der Waals surface area (Å²) >= 11 is 0. The smallest absolute Gasteiger partial charge is 0.132 e. The summed E-state index contributed by atoms with van der Waals surface area (Å²) in [5.74, 6) is 0. The highest BCUT2D eigenvalue weighted by molar-refractivity contribution is 6.17. The van der Waals surface area contributed by atoms with Crippen molar-refractivity contribution < 1.29 is 4.84 Å². The molecule has 3 nitrogen and oxygen atoms in total.